The molecule has 7 aromatic carbocycles. The second kappa shape index (κ2) is 21.4. The molecule has 0 saturated heterocycles. The van der Waals surface area contributed by atoms with Gasteiger partial charge < -0.3 is 9.47 Å². The van der Waals surface area contributed by atoms with Crippen molar-refractivity contribution in [2.45, 2.75) is 47.3 Å². The van der Waals surface area contributed by atoms with E-state index in [1.165, 1.54) is 60.7 Å². The van der Waals surface area contributed by atoms with Gasteiger partial charge in [0.05, 0.1) is 22.3 Å². The van der Waals surface area contributed by atoms with Gasteiger partial charge in [0, 0.05) is 23.2 Å². The van der Waals surface area contributed by atoms with Crippen LogP contribution in [-0.4, -0.2) is 0 Å². The third-order valence-electron chi connectivity index (χ3n) is 8.46. The van der Waals surface area contributed by atoms with E-state index in [9.17, 15) is 35.1 Å². The molecule has 0 fully saturated rings. The Morgan fingerprint density at radius 3 is 0.848 bits per heavy atom. The predicted molar refractivity (Wildman–Crippen MR) is 213 cm³/mol. The first-order valence-corrected chi connectivity index (χ1v) is 20.3. The summed E-state index contributed by atoms with van der Waals surface area (Å²) in [7, 11) is 0. The number of rotatable bonds is 10. The number of ether oxygens (including phenoxy) is 2. The molecule has 0 unspecified atom stereocenters. The Hall–Kier alpha value is -6.28. The summed E-state index contributed by atoms with van der Waals surface area (Å²) < 4.78 is 264. The summed E-state index contributed by atoms with van der Waals surface area (Å²) in [5, 5.41) is 0. The fourth-order valence-electron chi connectivity index (χ4n) is 5.56. The summed E-state index contributed by atoms with van der Waals surface area (Å²) in [6.45, 7) is 8.00. The molecule has 0 aromatic heterocycles. The van der Waals surface area contributed by atoms with Crippen LogP contribution in [0, 0.1) is 93.1 Å². The lowest BCUT2D eigenvalue weighted by Crippen LogP contribution is -2.06. The molecule has 0 N–H and O–H groups in total. The van der Waals surface area contributed by atoms with Gasteiger partial charge in [-0.2, -0.15) is 17.6 Å². The zero-order valence-electron chi connectivity index (χ0n) is 35.6. The first-order valence-electron chi connectivity index (χ1n) is 19.6. The van der Waals surface area contributed by atoms with E-state index in [0.717, 1.165) is 12.1 Å². The van der Waals surface area contributed by atoms with Gasteiger partial charge in [0.15, 0.2) is 69.8 Å². The van der Waals surface area contributed by atoms with E-state index in [0.29, 0.717) is 0 Å². The van der Waals surface area contributed by atoms with E-state index in [2.05, 4.69) is 0 Å². The highest BCUT2D eigenvalue weighted by atomic mass is 32.2. The molecule has 0 spiro atoms. The Bertz CT molecular complexity index is 2730. The predicted octanol–water partition coefficient (Wildman–Crippen LogP) is 17.2. The van der Waals surface area contributed by atoms with Crippen molar-refractivity contribution < 1.29 is 82.5 Å². The number of hydrogen-bond acceptors (Lipinski definition) is 4. The van der Waals surface area contributed by atoms with Gasteiger partial charge in [0.2, 0.25) is 34.8 Å². The summed E-state index contributed by atoms with van der Waals surface area (Å²) in [6.07, 6.45) is 0. The van der Waals surface area contributed by atoms with Crippen LogP contribution in [0.25, 0.3) is 22.3 Å². The summed E-state index contributed by atoms with van der Waals surface area (Å²) >= 11 is -1.63. The van der Waals surface area contributed by atoms with Gasteiger partial charge in [-0.1, -0.05) is 112 Å². The molecule has 0 saturated carbocycles. The molecule has 0 aliphatic rings. The van der Waals surface area contributed by atoms with Crippen molar-refractivity contribution in [1.82, 2.24) is 0 Å². The minimum atomic E-state index is -2.40. The van der Waals surface area contributed by atoms with Gasteiger partial charge in [-0.15, -0.1) is 0 Å². The topological polar surface area (TPSA) is 18.5 Å². The maximum absolute atomic E-state index is 15.7. The fourth-order valence-corrected chi connectivity index (χ4v) is 7.41. The quantitative estimate of drug-likeness (QED) is 0.100. The fraction of sp³-hybridized carbons (Fsp3) is 0.0870. The molecule has 0 radical (unpaired) electrons. The first kappa shape index (κ1) is 47.7. The highest BCUT2D eigenvalue weighted by Gasteiger charge is 2.34. The molecule has 346 valence electrons. The molecule has 0 bridgehead atoms. The Labute approximate surface area is 375 Å². The molecule has 0 aliphatic carbocycles. The van der Waals surface area contributed by atoms with Crippen LogP contribution in [0.15, 0.2) is 104 Å². The molecule has 7 rings (SSSR count). The van der Waals surface area contributed by atoms with E-state index in [1.807, 2.05) is 27.7 Å². The first-order chi connectivity index (χ1) is 32.3. The average molecular weight is 981 g/mol. The van der Waals surface area contributed by atoms with E-state index in [-0.39, 0.29) is 11.1 Å². The van der Waals surface area contributed by atoms with Crippen molar-refractivity contribution in [3.63, 3.8) is 0 Å². The van der Waals surface area contributed by atoms with Crippen LogP contribution in [0.3, 0.4) is 0 Å². The maximum atomic E-state index is 15.7. The molecular formula is C46H26F16O2S2. The second-order valence-corrected chi connectivity index (χ2v) is 14.3. The highest BCUT2D eigenvalue weighted by molar-refractivity contribution is 7.99. The molecule has 0 aliphatic heterocycles. The normalized spacial score (nSPS) is 11.3. The summed E-state index contributed by atoms with van der Waals surface area (Å²) in [5.74, 6) is -42.8. The van der Waals surface area contributed by atoms with Crippen LogP contribution < -0.4 is 9.47 Å². The van der Waals surface area contributed by atoms with Crippen LogP contribution >= 0.6 is 23.5 Å². The Kier molecular flexibility index (Phi) is 15.4. The highest BCUT2D eigenvalue weighted by Crippen LogP contribution is 2.49. The standard InChI is InChI=1S/C42H14F16O2S2.2C2H6/c43-19-13-20(44)26(48)39(25(19)47)61-41-33(55)29(51)37(30(52)34(41)56)59-23-12-18(16-9-5-2-6-10-16)24(11-17(23)15-7-3-1-4-8-15)60-38-31(53)35(57)42(36(58)32(38)54)62-40-27(49)21(45)14-22(46)28(40)50;2*1-2/h1-14H;2*1-2H3/i13D,14D;;. The summed E-state index contributed by atoms with van der Waals surface area (Å²) in [6, 6.07) is 11.4. The Morgan fingerprint density at radius 2 is 0.591 bits per heavy atom. The van der Waals surface area contributed by atoms with Gasteiger partial charge in [-0.05, 0) is 23.3 Å². The van der Waals surface area contributed by atoms with Gasteiger partial charge >= 0.3 is 0 Å². The lowest BCUT2D eigenvalue weighted by atomic mass is 9.97. The van der Waals surface area contributed by atoms with E-state index >= 15 is 35.1 Å². The number of halogens is 16. The average Bonchev–Trinajstić information content (AvgIpc) is 3.36. The van der Waals surface area contributed by atoms with Crippen molar-refractivity contribution in [2.75, 3.05) is 0 Å². The van der Waals surface area contributed by atoms with Crippen LogP contribution in [0.2, 0.25) is 0 Å². The minimum Gasteiger partial charge on any atom is -0.450 e. The maximum Gasteiger partial charge on any atom is 0.205 e. The zero-order chi connectivity index (χ0) is 50.6. The minimum absolute atomic E-state index is 0.0176. The summed E-state index contributed by atoms with van der Waals surface area (Å²) in [5.41, 5.74) is -0.839. The number of benzene rings is 7. The molecule has 2 nitrogen and oxygen atoms in total. The van der Waals surface area contributed by atoms with Crippen LogP contribution in [-0.2, 0) is 0 Å². The van der Waals surface area contributed by atoms with Crippen molar-refractivity contribution >= 4 is 23.5 Å². The monoisotopic (exact) mass is 980 g/mol. The van der Waals surface area contributed by atoms with Crippen molar-refractivity contribution in [3.05, 3.63) is 178 Å². The van der Waals surface area contributed by atoms with E-state index < -0.39 is 182 Å². The van der Waals surface area contributed by atoms with Gasteiger partial charge in [-0.3, -0.25) is 0 Å². The number of hydrogen-bond donors (Lipinski definition) is 0. The molecule has 66 heavy (non-hydrogen) atoms. The van der Waals surface area contributed by atoms with Crippen molar-refractivity contribution in [1.29, 1.82) is 0 Å². The van der Waals surface area contributed by atoms with Gasteiger partial charge in [0.1, 0.15) is 11.5 Å². The van der Waals surface area contributed by atoms with E-state index in [4.69, 9.17) is 12.2 Å². The lowest BCUT2D eigenvalue weighted by Gasteiger charge is -2.20. The molecule has 7 aromatic rings. The molecule has 20 heteroatoms. The van der Waals surface area contributed by atoms with Crippen LogP contribution in [0.1, 0.15) is 30.4 Å². The van der Waals surface area contributed by atoms with E-state index in [1.54, 1.807) is 0 Å². The van der Waals surface area contributed by atoms with Crippen molar-refractivity contribution in [3.8, 4) is 45.3 Å². The smallest absolute Gasteiger partial charge is 0.205 e. The lowest BCUT2D eigenvalue weighted by molar-refractivity contribution is 0.349. The largest absolute Gasteiger partial charge is 0.450 e. The van der Waals surface area contributed by atoms with Crippen LogP contribution in [0.4, 0.5) is 70.2 Å². The van der Waals surface area contributed by atoms with Crippen LogP contribution in [0.5, 0.6) is 23.0 Å². The zero-order valence-corrected chi connectivity index (χ0v) is 35.2. The molecule has 0 heterocycles. The Morgan fingerprint density at radius 1 is 0.348 bits per heavy atom. The Balaban J connectivity index is 0.00000210. The SMILES string of the molecule is CC.CC.[2H]c1c(F)c(F)c(Sc2c(F)c(F)c(Oc3cc(-c4ccccc4)c(Oc4c(F)c(F)c(Sc5c(F)c(F)c([2H])c(F)c5F)c(F)c4F)cc3-c3ccccc3)c(F)c2F)c(F)c1F. The third kappa shape index (κ3) is 9.79. The van der Waals surface area contributed by atoms with Gasteiger partial charge in [-0.25, -0.2) is 52.7 Å². The molecule has 0 amide bonds. The molecular weight excluding hydrogens is 953 g/mol. The van der Waals surface area contributed by atoms with Crippen molar-refractivity contribution in [2.24, 2.45) is 0 Å². The third-order valence-corrected chi connectivity index (χ3v) is 10.7. The molecule has 0 atom stereocenters. The second-order valence-electron chi connectivity index (χ2n) is 12.2. The van der Waals surface area contributed by atoms with Gasteiger partial charge in [0.25, 0.3) is 0 Å². The summed E-state index contributed by atoms with van der Waals surface area (Å²) in [4.78, 5) is -7.36.